The van der Waals surface area contributed by atoms with Gasteiger partial charge in [-0.3, -0.25) is 9.91 Å². The summed E-state index contributed by atoms with van der Waals surface area (Å²) in [6.07, 6.45) is -4.57. The topological polar surface area (TPSA) is 34.6 Å². The Morgan fingerprint density at radius 1 is 1.19 bits per heavy atom. The minimum atomic E-state index is -4.44. The molecule has 27 heavy (non-hydrogen) atoms. The highest BCUT2D eigenvalue weighted by atomic mass is 19.4. The molecule has 1 atom stereocenters. The molecule has 0 aliphatic carbocycles. The second-order valence-corrected chi connectivity index (χ2v) is 6.81. The Labute approximate surface area is 152 Å². The quantitative estimate of drug-likeness (QED) is 0.797. The molecule has 1 N–H and O–H groups in total. The standard InChI is InChI=1S/C18H17F5N4/c1-26-16(8-15(25-26)18(21,22)23)27-6-5-13-10(9-27)7-14(24-13)17-11(19)3-2-4-12(17)20/h2-4,7,16,24H,5-6,8-9H2,1H3. The van der Waals surface area contributed by atoms with E-state index >= 15 is 0 Å². The van der Waals surface area contributed by atoms with Crippen LogP contribution in [0.4, 0.5) is 22.0 Å². The highest BCUT2D eigenvalue weighted by Crippen LogP contribution is 2.33. The van der Waals surface area contributed by atoms with Crippen LogP contribution in [0, 0.1) is 11.6 Å². The van der Waals surface area contributed by atoms with Crippen LogP contribution >= 0.6 is 0 Å². The van der Waals surface area contributed by atoms with Crippen molar-refractivity contribution in [3.05, 3.63) is 47.2 Å². The van der Waals surface area contributed by atoms with Gasteiger partial charge in [0.1, 0.15) is 23.5 Å². The van der Waals surface area contributed by atoms with E-state index in [1.54, 1.807) is 6.07 Å². The van der Waals surface area contributed by atoms with Crippen LogP contribution in [0.3, 0.4) is 0 Å². The van der Waals surface area contributed by atoms with E-state index in [2.05, 4.69) is 10.1 Å². The predicted molar refractivity (Wildman–Crippen MR) is 89.9 cm³/mol. The van der Waals surface area contributed by atoms with E-state index < -0.39 is 29.7 Å². The van der Waals surface area contributed by atoms with Gasteiger partial charge in [-0.1, -0.05) is 6.07 Å². The highest BCUT2D eigenvalue weighted by Gasteiger charge is 2.44. The van der Waals surface area contributed by atoms with Gasteiger partial charge in [0.25, 0.3) is 0 Å². The van der Waals surface area contributed by atoms with Crippen molar-refractivity contribution < 1.29 is 22.0 Å². The summed E-state index contributed by atoms with van der Waals surface area (Å²) in [5.74, 6) is -1.33. The fraction of sp³-hybridized carbons (Fsp3) is 0.389. The van der Waals surface area contributed by atoms with E-state index in [-0.39, 0.29) is 12.0 Å². The van der Waals surface area contributed by atoms with Crippen molar-refractivity contribution in [3.8, 4) is 11.3 Å². The second-order valence-electron chi connectivity index (χ2n) is 6.81. The summed E-state index contributed by atoms with van der Waals surface area (Å²) in [5, 5.41) is 4.96. The minimum absolute atomic E-state index is 0.126. The molecule has 4 rings (SSSR count). The fourth-order valence-corrected chi connectivity index (χ4v) is 3.74. The number of alkyl halides is 3. The number of benzene rings is 1. The molecular formula is C18H17F5N4. The Hall–Kier alpha value is -2.42. The number of hydrogen-bond acceptors (Lipinski definition) is 3. The van der Waals surface area contributed by atoms with Gasteiger partial charge < -0.3 is 4.98 Å². The van der Waals surface area contributed by atoms with Crippen molar-refractivity contribution in [1.29, 1.82) is 0 Å². The Morgan fingerprint density at radius 2 is 1.89 bits per heavy atom. The monoisotopic (exact) mass is 384 g/mol. The normalized spacial score (nSPS) is 20.7. The highest BCUT2D eigenvalue weighted by molar-refractivity contribution is 5.91. The molecule has 0 fully saturated rings. The zero-order chi connectivity index (χ0) is 19.3. The van der Waals surface area contributed by atoms with Gasteiger partial charge in [-0.25, -0.2) is 8.78 Å². The number of nitrogens with zero attached hydrogens (tertiary/aromatic N) is 3. The van der Waals surface area contributed by atoms with Gasteiger partial charge in [0.05, 0.1) is 11.3 Å². The molecule has 1 aromatic carbocycles. The molecular weight excluding hydrogens is 367 g/mol. The van der Waals surface area contributed by atoms with Crippen LogP contribution in [0.5, 0.6) is 0 Å². The maximum atomic E-state index is 14.0. The summed E-state index contributed by atoms with van der Waals surface area (Å²) >= 11 is 0. The van der Waals surface area contributed by atoms with Gasteiger partial charge in [0, 0.05) is 38.7 Å². The second kappa shape index (κ2) is 6.33. The molecule has 1 unspecified atom stereocenters. The molecule has 0 radical (unpaired) electrons. The Kier molecular flexibility index (Phi) is 4.21. The number of rotatable bonds is 2. The molecule has 2 aromatic rings. The first-order valence-electron chi connectivity index (χ1n) is 8.50. The Balaban J connectivity index is 1.56. The smallest absolute Gasteiger partial charge is 0.358 e. The number of aromatic amines is 1. The van der Waals surface area contributed by atoms with Crippen molar-refractivity contribution in [2.45, 2.75) is 31.7 Å². The SMILES string of the molecule is CN1N=C(C(F)(F)F)CC1N1CCc2[nH]c(-c3c(F)cccc3F)cc2C1. The zero-order valence-electron chi connectivity index (χ0n) is 14.4. The van der Waals surface area contributed by atoms with Crippen LogP contribution in [0.1, 0.15) is 17.7 Å². The molecule has 3 heterocycles. The number of fused-ring (bicyclic) bond motifs is 1. The van der Waals surface area contributed by atoms with Crippen LogP contribution in [-0.2, 0) is 13.0 Å². The minimum Gasteiger partial charge on any atom is -0.358 e. The summed E-state index contributed by atoms with van der Waals surface area (Å²) in [7, 11) is 1.52. The van der Waals surface area contributed by atoms with Crippen molar-refractivity contribution >= 4 is 5.71 Å². The van der Waals surface area contributed by atoms with E-state index in [1.807, 2.05) is 4.90 Å². The molecule has 0 saturated heterocycles. The lowest BCUT2D eigenvalue weighted by atomic mass is 10.1. The molecule has 0 bridgehead atoms. The van der Waals surface area contributed by atoms with Crippen molar-refractivity contribution in [3.63, 3.8) is 0 Å². The maximum Gasteiger partial charge on any atom is 0.431 e. The van der Waals surface area contributed by atoms with Crippen molar-refractivity contribution in [1.82, 2.24) is 14.9 Å². The average molecular weight is 384 g/mol. The first-order chi connectivity index (χ1) is 12.7. The molecule has 4 nitrogen and oxygen atoms in total. The van der Waals surface area contributed by atoms with Crippen molar-refractivity contribution in [2.24, 2.45) is 5.10 Å². The molecule has 1 aromatic heterocycles. The summed E-state index contributed by atoms with van der Waals surface area (Å²) in [6, 6.07) is 5.35. The molecule has 144 valence electrons. The summed E-state index contributed by atoms with van der Waals surface area (Å²) in [4.78, 5) is 4.96. The van der Waals surface area contributed by atoms with E-state index in [1.165, 1.54) is 30.3 Å². The number of hydrazone groups is 1. The number of nitrogens with one attached hydrogen (secondary N) is 1. The number of H-pyrrole nitrogens is 1. The van der Waals surface area contributed by atoms with E-state index in [0.29, 0.717) is 25.2 Å². The van der Waals surface area contributed by atoms with E-state index in [0.717, 1.165) is 11.3 Å². The van der Waals surface area contributed by atoms with Gasteiger partial charge in [-0.2, -0.15) is 18.3 Å². The fourth-order valence-electron chi connectivity index (χ4n) is 3.74. The van der Waals surface area contributed by atoms with Gasteiger partial charge in [-0.15, -0.1) is 0 Å². The maximum absolute atomic E-state index is 14.0. The lowest BCUT2D eigenvalue weighted by molar-refractivity contribution is -0.0604. The summed E-state index contributed by atoms with van der Waals surface area (Å²) in [5.41, 5.74) is 1.10. The van der Waals surface area contributed by atoms with Gasteiger partial charge in [0.15, 0.2) is 0 Å². The Morgan fingerprint density at radius 3 is 2.52 bits per heavy atom. The largest absolute Gasteiger partial charge is 0.431 e. The zero-order valence-corrected chi connectivity index (χ0v) is 14.4. The third-order valence-corrected chi connectivity index (χ3v) is 5.08. The lowest BCUT2D eigenvalue weighted by Crippen LogP contribution is -2.45. The summed E-state index contributed by atoms with van der Waals surface area (Å²) < 4.78 is 66.8. The van der Waals surface area contributed by atoms with E-state index in [4.69, 9.17) is 0 Å². The average Bonchev–Trinajstić information content (AvgIpc) is 3.17. The van der Waals surface area contributed by atoms with Gasteiger partial charge in [0.2, 0.25) is 0 Å². The van der Waals surface area contributed by atoms with Crippen LogP contribution in [0.15, 0.2) is 29.4 Å². The molecule has 0 amide bonds. The molecule has 9 heteroatoms. The third kappa shape index (κ3) is 3.20. The number of hydrogen-bond donors (Lipinski definition) is 1. The molecule has 0 spiro atoms. The van der Waals surface area contributed by atoms with Gasteiger partial charge in [-0.05, 0) is 23.8 Å². The summed E-state index contributed by atoms with van der Waals surface area (Å²) in [6.45, 7) is 0.917. The predicted octanol–water partition coefficient (Wildman–Crippen LogP) is 3.90. The third-order valence-electron chi connectivity index (χ3n) is 5.08. The molecule has 0 saturated carbocycles. The van der Waals surface area contributed by atoms with E-state index in [9.17, 15) is 22.0 Å². The first-order valence-corrected chi connectivity index (χ1v) is 8.50. The molecule has 2 aliphatic heterocycles. The lowest BCUT2D eigenvalue weighted by Gasteiger charge is -2.35. The van der Waals surface area contributed by atoms with Crippen LogP contribution < -0.4 is 0 Å². The number of aromatic nitrogens is 1. The molecule has 2 aliphatic rings. The Bertz CT molecular complexity index is 881. The van der Waals surface area contributed by atoms with Gasteiger partial charge >= 0.3 is 6.18 Å². The van der Waals surface area contributed by atoms with Crippen LogP contribution in [0.25, 0.3) is 11.3 Å². The number of halogens is 5. The van der Waals surface area contributed by atoms with Crippen LogP contribution in [0.2, 0.25) is 0 Å². The first kappa shape index (κ1) is 18.0. The van der Waals surface area contributed by atoms with Crippen molar-refractivity contribution in [2.75, 3.05) is 13.6 Å². The van der Waals surface area contributed by atoms with Crippen LogP contribution in [-0.4, -0.2) is 46.5 Å².